The van der Waals surface area contributed by atoms with Crippen LogP contribution in [0.2, 0.25) is 0 Å². The number of nitro groups is 1. The van der Waals surface area contributed by atoms with Gasteiger partial charge in [0.1, 0.15) is 0 Å². The van der Waals surface area contributed by atoms with Crippen LogP contribution in [0, 0.1) is 14.1 Å². The highest BCUT2D eigenvalue weighted by Gasteiger charge is 2.14. The van der Waals surface area contributed by atoms with E-state index in [9.17, 15) is 10.1 Å². The molecule has 6 heteroatoms. The number of nitro benzene ring substituents is 1. The lowest BCUT2D eigenvalue weighted by Crippen LogP contribution is -1.91. The van der Waals surface area contributed by atoms with Gasteiger partial charge in [-0.25, -0.2) is 0 Å². The third kappa shape index (κ3) is 1.95. The molecule has 2 rings (SSSR count). The van der Waals surface area contributed by atoms with E-state index in [0.29, 0.717) is 15.2 Å². The van der Waals surface area contributed by atoms with E-state index >= 15 is 0 Å². The first-order valence-electron chi connectivity index (χ1n) is 4.10. The molecule has 1 heterocycles. The summed E-state index contributed by atoms with van der Waals surface area (Å²) in [5, 5.41) is 12.6. The van der Waals surface area contributed by atoms with Gasteiger partial charge >= 0.3 is 0 Å². The minimum atomic E-state index is -0.399. The third-order valence-electron chi connectivity index (χ3n) is 1.91. The lowest BCUT2D eigenvalue weighted by Gasteiger charge is -1.98. The molecule has 76 valence electrons. The number of aromatic nitrogens is 1. The van der Waals surface area contributed by atoms with Crippen molar-refractivity contribution >= 4 is 29.2 Å². The van der Waals surface area contributed by atoms with E-state index in [1.165, 1.54) is 17.4 Å². The highest BCUT2D eigenvalue weighted by Crippen LogP contribution is 2.29. The van der Waals surface area contributed by atoms with E-state index < -0.39 is 4.92 Å². The number of thiazole rings is 1. The summed E-state index contributed by atoms with van der Waals surface area (Å²) in [6.07, 6.45) is 0. The van der Waals surface area contributed by atoms with Gasteiger partial charge < -0.3 is 4.98 Å². The van der Waals surface area contributed by atoms with Crippen LogP contribution in [0.25, 0.3) is 11.3 Å². The van der Waals surface area contributed by atoms with Gasteiger partial charge in [0.2, 0.25) is 0 Å². The van der Waals surface area contributed by atoms with Crippen LogP contribution >= 0.6 is 23.6 Å². The summed E-state index contributed by atoms with van der Waals surface area (Å²) in [5.74, 6) is 0. The van der Waals surface area contributed by atoms with Gasteiger partial charge in [-0.1, -0.05) is 12.1 Å². The largest absolute Gasteiger partial charge is 0.337 e. The number of rotatable bonds is 2. The van der Waals surface area contributed by atoms with Crippen molar-refractivity contribution in [2.45, 2.75) is 0 Å². The molecule has 0 aliphatic carbocycles. The van der Waals surface area contributed by atoms with E-state index in [1.807, 2.05) is 0 Å². The number of hydrogen-bond acceptors (Lipinski definition) is 4. The number of nitrogens with zero attached hydrogens (tertiary/aromatic N) is 1. The molecule has 0 amide bonds. The number of para-hydroxylation sites is 1. The lowest BCUT2D eigenvalue weighted by atomic mass is 10.1. The van der Waals surface area contributed by atoms with Crippen molar-refractivity contribution < 1.29 is 4.92 Å². The number of nitrogens with one attached hydrogen (secondary N) is 1. The van der Waals surface area contributed by atoms with Gasteiger partial charge in [0.05, 0.1) is 16.2 Å². The standard InChI is InChI=1S/C9H6N2O2S2/c12-11(13)8-4-2-1-3-6(8)7-5-15-9(14)10-7/h1-5H,(H,10,14). The quantitative estimate of drug-likeness (QED) is 0.495. The molecule has 1 N–H and O–H groups in total. The summed E-state index contributed by atoms with van der Waals surface area (Å²) in [5.41, 5.74) is 1.34. The van der Waals surface area contributed by atoms with Gasteiger partial charge in [-0.3, -0.25) is 10.1 Å². The van der Waals surface area contributed by atoms with Crippen molar-refractivity contribution in [1.82, 2.24) is 4.98 Å². The summed E-state index contributed by atoms with van der Waals surface area (Å²) in [4.78, 5) is 13.3. The number of H-pyrrole nitrogens is 1. The molecular weight excluding hydrogens is 232 g/mol. The van der Waals surface area contributed by atoms with Gasteiger partial charge in [0.25, 0.3) is 5.69 Å². The van der Waals surface area contributed by atoms with E-state index in [-0.39, 0.29) is 5.69 Å². The highest BCUT2D eigenvalue weighted by atomic mass is 32.1. The zero-order valence-corrected chi connectivity index (χ0v) is 9.10. The van der Waals surface area contributed by atoms with Crippen LogP contribution in [0.3, 0.4) is 0 Å². The number of benzene rings is 1. The SMILES string of the molecule is O=[N+]([O-])c1ccccc1-c1csc(=S)[nH]1. The van der Waals surface area contributed by atoms with Gasteiger partial charge in [0, 0.05) is 11.4 Å². The minimum Gasteiger partial charge on any atom is -0.337 e. The Hall–Kier alpha value is -1.53. The molecule has 2 aromatic rings. The van der Waals surface area contributed by atoms with Crippen LogP contribution in [-0.2, 0) is 0 Å². The van der Waals surface area contributed by atoms with Crippen LogP contribution in [0.1, 0.15) is 0 Å². The Labute approximate surface area is 94.4 Å². The molecule has 15 heavy (non-hydrogen) atoms. The summed E-state index contributed by atoms with van der Waals surface area (Å²) in [6, 6.07) is 6.58. The normalized spacial score (nSPS) is 10.1. The average molecular weight is 238 g/mol. The van der Waals surface area contributed by atoms with Crippen molar-refractivity contribution in [3.63, 3.8) is 0 Å². The maximum Gasteiger partial charge on any atom is 0.278 e. The molecule has 0 saturated carbocycles. The first-order valence-corrected chi connectivity index (χ1v) is 5.39. The second kappa shape index (κ2) is 3.92. The lowest BCUT2D eigenvalue weighted by molar-refractivity contribution is -0.384. The fraction of sp³-hybridized carbons (Fsp3) is 0. The Bertz CT molecular complexity index is 559. The Balaban J connectivity index is 2.62. The maximum absolute atomic E-state index is 10.8. The Kier molecular flexibility index (Phi) is 2.61. The third-order valence-corrected chi connectivity index (χ3v) is 2.97. The van der Waals surface area contributed by atoms with E-state index in [0.717, 1.165) is 0 Å². The van der Waals surface area contributed by atoms with Gasteiger partial charge in [-0.15, -0.1) is 11.3 Å². The molecule has 0 saturated heterocycles. The second-order valence-electron chi connectivity index (χ2n) is 2.84. The summed E-state index contributed by atoms with van der Waals surface area (Å²) in [6.45, 7) is 0. The monoisotopic (exact) mass is 238 g/mol. The van der Waals surface area contributed by atoms with Crippen molar-refractivity contribution in [3.8, 4) is 11.3 Å². The van der Waals surface area contributed by atoms with Gasteiger partial charge in [-0.05, 0) is 18.3 Å². The second-order valence-corrected chi connectivity index (χ2v) is 4.38. The fourth-order valence-corrected chi connectivity index (χ4v) is 2.11. The Morgan fingerprint density at radius 2 is 2.13 bits per heavy atom. The molecule has 1 aromatic carbocycles. The zero-order chi connectivity index (χ0) is 10.8. The first kappa shape index (κ1) is 10.0. The molecule has 0 atom stereocenters. The summed E-state index contributed by atoms with van der Waals surface area (Å²) < 4.78 is 0.614. The molecule has 0 spiro atoms. The molecular formula is C9H6N2O2S2. The molecule has 1 aromatic heterocycles. The first-order chi connectivity index (χ1) is 7.18. The molecule has 0 bridgehead atoms. The van der Waals surface area contributed by atoms with Crippen molar-refractivity contribution in [2.24, 2.45) is 0 Å². The van der Waals surface area contributed by atoms with E-state index in [1.54, 1.807) is 23.6 Å². The number of aromatic amines is 1. The van der Waals surface area contributed by atoms with Crippen LogP contribution in [-0.4, -0.2) is 9.91 Å². The summed E-state index contributed by atoms with van der Waals surface area (Å²) in [7, 11) is 0. The predicted octanol–water partition coefficient (Wildman–Crippen LogP) is 3.38. The smallest absolute Gasteiger partial charge is 0.278 e. The van der Waals surface area contributed by atoms with Gasteiger partial charge in [0.15, 0.2) is 3.95 Å². The minimum absolute atomic E-state index is 0.0848. The van der Waals surface area contributed by atoms with Crippen molar-refractivity contribution in [1.29, 1.82) is 0 Å². The average Bonchev–Trinajstić information content (AvgIpc) is 2.65. The molecule has 0 unspecified atom stereocenters. The van der Waals surface area contributed by atoms with Crippen LogP contribution in [0.15, 0.2) is 29.6 Å². The van der Waals surface area contributed by atoms with Crippen molar-refractivity contribution in [3.05, 3.63) is 43.7 Å². The molecule has 4 nitrogen and oxygen atoms in total. The predicted molar refractivity (Wildman–Crippen MR) is 61.6 cm³/mol. The van der Waals surface area contributed by atoms with Crippen LogP contribution in [0.5, 0.6) is 0 Å². The molecule has 0 fully saturated rings. The van der Waals surface area contributed by atoms with Crippen molar-refractivity contribution in [2.75, 3.05) is 0 Å². The van der Waals surface area contributed by atoms with E-state index in [4.69, 9.17) is 12.2 Å². The zero-order valence-electron chi connectivity index (χ0n) is 7.47. The number of hydrogen-bond donors (Lipinski definition) is 1. The molecule has 0 aliphatic heterocycles. The Morgan fingerprint density at radius 1 is 1.40 bits per heavy atom. The summed E-state index contributed by atoms with van der Waals surface area (Å²) >= 11 is 6.29. The molecule has 0 radical (unpaired) electrons. The van der Waals surface area contributed by atoms with Crippen LogP contribution in [0.4, 0.5) is 5.69 Å². The topological polar surface area (TPSA) is 58.9 Å². The van der Waals surface area contributed by atoms with Gasteiger partial charge in [-0.2, -0.15) is 0 Å². The molecule has 0 aliphatic rings. The van der Waals surface area contributed by atoms with Crippen LogP contribution < -0.4 is 0 Å². The Morgan fingerprint density at radius 3 is 2.73 bits per heavy atom. The van der Waals surface area contributed by atoms with E-state index in [2.05, 4.69) is 4.98 Å². The fourth-order valence-electron chi connectivity index (χ4n) is 1.27. The highest BCUT2D eigenvalue weighted by molar-refractivity contribution is 7.73. The maximum atomic E-state index is 10.8.